The summed E-state index contributed by atoms with van der Waals surface area (Å²) in [5.41, 5.74) is 2.04. The Morgan fingerprint density at radius 2 is 2.57 bits per heavy atom. The Hall–Kier alpha value is -0.830. The summed E-state index contributed by atoms with van der Waals surface area (Å²) >= 11 is 0. The maximum atomic E-state index is 10.1. The van der Waals surface area contributed by atoms with Gasteiger partial charge in [-0.2, -0.15) is 0 Å². The fourth-order valence-corrected chi connectivity index (χ4v) is 0.142. The zero-order chi connectivity index (χ0) is 5.70. The monoisotopic (exact) mass is 101 g/mol. The van der Waals surface area contributed by atoms with E-state index in [2.05, 4.69) is 11.4 Å². The molecule has 0 aromatic rings. The molecule has 0 aliphatic rings. The van der Waals surface area contributed by atoms with Crippen LogP contribution in [0.4, 0.5) is 0 Å². The molecule has 0 radical (unpaired) electrons. The lowest BCUT2D eigenvalue weighted by molar-refractivity contribution is -0.126. The van der Waals surface area contributed by atoms with Gasteiger partial charge >= 0.3 is 0 Å². The van der Waals surface area contributed by atoms with Gasteiger partial charge in [0.05, 0.1) is 7.11 Å². The number of rotatable bonds is 2. The van der Waals surface area contributed by atoms with Crippen LogP contribution in [0.1, 0.15) is 0 Å². The first-order chi connectivity index (χ1) is 3.31. The third-order valence-electron chi connectivity index (χ3n) is 0.388. The van der Waals surface area contributed by atoms with Crippen molar-refractivity contribution in [3.8, 4) is 0 Å². The second kappa shape index (κ2) is 3.36. The standard InChI is InChI=1S/C4H7NO2/c1-3-4(6)5-7-2/h3H,1H2,2H3,(H,5,6). The molecule has 0 aliphatic heterocycles. The molecule has 0 unspecified atom stereocenters. The van der Waals surface area contributed by atoms with E-state index in [9.17, 15) is 4.79 Å². The van der Waals surface area contributed by atoms with E-state index in [1.165, 1.54) is 7.11 Å². The van der Waals surface area contributed by atoms with Gasteiger partial charge in [0, 0.05) is 0 Å². The molecule has 0 fully saturated rings. The van der Waals surface area contributed by atoms with Crippen molar-refractivity contribution in [2.75, 3.05) is 7.11 Å². The molecule has 3 nitrogen and oxygen atoms in total. The first-order valence-electron chi connectivity index (χ1n) is 1.76. The van der Waals surface area contributed by atoms with Gasteiger partial charge < -0.3 is 0 Å². The van der Waals surface area contributed by atoms with E-state index in [1.54, 1.807) is 0 Å². The Morgan fingerprint density at radius 3 is 2.71 bits per heavy atom. The van der Waals surface area contributed by atoms with Crippen molar-refractivity contribution in [3.05, 3.63) is 12.7 Å². The zero-order valence-electron chi connectivity index (χ0n) is 4.10. The van der Waals surface area contributed by atoms with Crippen molar-refractivity contribution in [1.29, 1.82) is 0 Å². The maximum absolute atomic E-state index is 10.1. The molecular weight excluding hydrogens is 94.0 g/mol. The molecule has 0 bridgehead atoms. The van der Waals surface area contributed by atoms with Crippen molar-refractivity contribution in [1.82, 2.24) is 5.48 Å². The van der Waals surface area contributed by atoms with Gasteiger partial charge in [-0.3, -0.25) is 9.63 Å². The second-order valence-corrected chi connectivity index (χ2v) is 0.875. The molecular formula is C4H7NO2. The van der Waals surface area contributed by atoms with Gasteiger partial charge in [-0.05, 0) is 6.08 Å². The Labute approximate surface area is 41.9 Å². The number of nitrogens with one attached hydrogen (secondary N) is 1. The highest BCUT2D eigenvalue weighted by molar-refractivity contribution is 5.85. The topological polar surface area (TPSA) is 38.3 Å². The van der Waals surface area contributed by atoms with Gasteiger partial charge in [-0.15, -0.1) is 0 Å². The molecule has 40 valence electrons. The van der Waals surface area contributed by atoms with E-state index in [0.29, 0.717) is 0 Å². The number of hydrogen-bond donors (Lipinski definition) is 1. The molecule has 0 saturated carbocycles. The van der Waals surface area contributed by atoms with Gasteiger partial charge in [0.25, 0.3) is 5.91 Å². The van der Waals surface area contributed by atoms with Crippen LogP contribution in [0.2, 0.25) is 0 Å². The number of hydrogen-bond acceptors (Lipinski definition) is 2. The number of hydroxylamine groups is 1. The van der Waals surface area contributed by atoms with Crippen molar-refractivity contribution in [3.63, 3.8) is 0 Å². The minimum absolute atomic E-state index is 0.331. The third-order valence-corrected chi connectivity index (χ3v) is 0.388. The van der Waals surface area contributed by atoms with Crippen LogP contribution in [-0.2, 0) is 9.63 Å². The van der Waals surface area contributed by atoms with Gasteiger partial charge in [0.1, 0.15) is 0 Å². The molecule has 0 heterocycles. The van der Waals surface area contributed by atoms with Crippen LogP contribution in [0, 0.1) is 0 Å². The third kappa shape index (κ3) is 2.99. The summed E-state index contributed by atoms with van der Waals surface area (Å²) in [6.07, 6.45) is 1.13. The van der Waals surface area contributed by atoms with Crippen LogP contribution in [0.25, 0.3) is 0 Å². The first kappa shape index (κ1) is 6.17. The number of amides is 1. The Morgan fingerprint density at radius 1 is 2.00 bits per heavy atom. The highest BCUT2D eigenvalue weighted by Gasteiger charge is 1.84. The van der Waals surface area contributed by atoms with Crippen molar-refractivity contribution in [2.24, 2.45) is 0 Å². The van der Waals surface area contributed by atoms with E-state index in [1.807, 2.05) is 5.48 Å². The van der Waals surface area contributed by atoms with Crippen LogP contribution < -0.4 is 5.48 Å². The van der Waals surface area contributed by atoms with E-state index < -0.39 is 0 Å². The van der Waals surface area contributed by atoms with Gasteiger partial charge in [0.2, 0.25) is 0 Å². The second-order valence-electron chi connectivity index (χ2n) is 0.875. The lowest BCUT2D eigenvalue weighted by atomic mass is 10.6. The molecule has 0 aromatic heterocycles. The Bertz CT molecular complexity index is 79.8. The highest BCUT2D eigenvalue weighted by atomic mass is 16.6. The molecule has 0 atom stereocenters. The molecule has 0 rings (SSSR count). The zero-order valence-corrected chi connectivity index (χ0v) is 4.10. The quantitative estimate of drug-likeness (QED) is 0.388. The molecule has 3 heteroatoms. The molecule has 1 N–H and O–H groups in total. The van der Waals surface area contributed by atoms with Crippen molar-refractivity contribution in [2.45, 2.75) is 0 Å². The smallest absolute Gasteiger partial charge is 0.266 e. The van der Waals surface area contributed by atoms with Crippen molar-refractivity contribution >= 4 is 5.91 Å². The minimum atomic E-state index is -0.331. The first-order valence-corrected chi connectivity index (χ1v) is 1.76. The Balaban J connectivity index is 3.17. The van der Waals surface area contributed by atoms with Crippen LogP contribution in [0.15, 0.2) is 12.7 Å². The van der Waals surface area contributed by atoms with Gasteiger partial charge in [-0.1, -0.05) is 6.58 Å². The summed E-state index contributed by atoms with van der Waals surface area (Å²) in [5.74, 6) is -0.331. The SMILES string of the molecule is C=CC(=O)NOC. The largest absolute Gasteiger partial charge is 0.277 e. The number of carbonyl (C=O) groups excluding carboxylic acids is 1. The summed E-state index contributed by atoms with van der Waals surface area (Å²) < 4.78 is 0. The Kier molecular flexibility index (Phi) is 2.96. The van der Waals surface area contributed by atoms with E-state index >= 15 is 0 Å². The van der Waals surface area contributed by atoms with Gasteiger partial charge in [-0.25, -0.2) is 5.48 Å². The van der Waals surface area contributed by atoms with E-state index in [0.717, 1.165) is 6.08 Å². The van der Waals surface area contributed by atoms with Crippen LogP contribution in [-0.4, -0.2) is 13.0 Å². The molecule has 0 spiro atoms. The summed E-state index contributed by atoms with van der Waals surface area (Å²) in [7, 11) is 1.36. The molecule has 0 aromatic carbocycles. The lowest BCUT2D eigenvalue weighted by Gasteiger charge is -1.91. The average Bonchev–Trinajstić information content (AvgIpc) is 1.68. The van der Waals surface area contributed by atoms with Crippen LogP contribution in [0.5, 0.6) is 0 Å². The minimum Gasteiger partial charge on any atom is -0.277 e. The highest BCUT2D eigenvalue weighted by Crippen LogP contribution is 1.61. The van der Waals surface area contributed by atoms with Gasteiger partial charge in [0.15, 0.2) is 0 Å². The summed E-state index contributed by atoms with van der Waals surface area (Å²) in [4.78, 5) is 14.3. The summed E-state index contributed by atoms with van der Waals surface area (Å²) in [6.45, 7) is 3.19. The fourth-order valence-electron chi connectivity index (χ4n) is 0.142. The summed E-state index contributed by atoms with van der Waals surface area (Å²) in [5, 5.41) is 0. The molecule has 0 aliphatic carbocycles. The van der Waals surface area contributed by atoms with E-state index in [4.69, 9.17) is 0 Å². The van der Waals surface area contributed by atoms with Crippen molar-refractivity contribution < 1.29 is 9.63 Å². The number of carbonyl (C=O) groups is 1. The molecule has 0 saturated heterocycles. The maximum Gasteiger partial charge on any atom is 0.266 e. The molecule has 1 amide bonds. The fraction of sp³-hybridized carbons (Fsp3) is 0.250. The van der Waals surface area contributed by atoms with E-state index in [-0.39, 0.29) is 5.91 Å². The molecule has 7 heavy (non-hydrogen) atoms. The lowest BCUT2D eigenvalue weighted by Crippen LogP contribution is -2.18. The summed E-state index contributed by atoms with van der Waals surface area (Å²) in [6, 6.07) is 0. The predicted molar refractivity (Wildman–Crippen MR) is 25.3 cm³/mol. The normalized spacial score (nSPS) is 7.57. The van der Waals surface area contributed by atoms with Crippen LogP contribution in [0.3, 0.4) is 0 Å². The predicted octanol–water partition coefficient (Wildman–Crippen LogP) is -0.150. The van der Waals surface area contributed by atoms with Crippen LogP contribution >= 0.6 is 0 Å². The average molecular weight is 101 g/mol.